The lowest BCUT2D eigenvalue weighted by Crippen LogP contribution is -2.35. The third-order valence-corrected chi connectivity index (χ3v) is 3.08. The Morgan fingerprint density at radius 1 is 1.31 bits per heavy atom. The Morgan fingerprint density at radius 3 is 2.54 bits per heavy atom. The average Bonchev–Trinajstić information content (AvgIpc) is 2.47. The van der Waals surface area contributed by atoms with Crippen LogP contribution in [0.2, 0.25) is 0 Å². The second-order valence-electron chi connectivity index (χ2n) is 4.27. The average molecular weight is 175 g/mol. The van der Waals surface area contributed by atoms with E-state index >= 15 is 0 Å². The van der Waals surface area contributed by atoms with Gasteiger partial charge in [-0.3, -0.25) is 0 Å². The van der Waals surface area contributed by atoms with Crippen LogP contribution in [-0.2, 0) is 0 Å². The molecule has 1 heteroatoms. The molecule has 1 aliphatic rings. The highest BCUT2D eigenvalue weighted by molar-refractivity contribution is 5.18. The molecule has 0 N–H and O–H groups in total. The van der Waals surface area contributed by atoms with Crippen molar-refractivity contribution in [1.82, 2.24) is 0 Å². The standard InChI is InChI=1S/C12H17N/c1-13(2)10-6-9-12(13)11-7-4-3-5-8-11/h3-5,7-8,12H,1,6,9-10H2,2H3. The molecule has 13 heavy (non-hydrogen) atoms. The van der Waals surface area contributed by atoms with Gasteiger partial charge in [0.25, 0.3) is 0 Å². The highest BCUT2D eigenvalue weighted by atomic mass is 15.3. The molecule has 0 saturated carbocycles. The normalized spacial score (nSPS) is 33.5. The first-order chi connectivity index (χ1) is 6.20. The van der Waals surface area contributed by atoms with E-state index in [1.165, 1.54) is 24.9 Å². The number of quaternary nitrogens is 1. The van der Waals surface area contributed by atoms with E-state index in [0.29, 0.717) is 6.04 Å². The zero-order valence-corrected chi connectivity index (χ0v) is 8.24. The van der Waals surface area contributed by atoms with Gasteiger partial charge >= 0.3 is 0 Å². The smallest absolute Gasteiger partial charge is 0.0906 e. The van der Waals surface area contributed by atoms with Gasteiger partial charge in [-0.25, -0.2) is 0 Å². The molecule has 1 nitrogen and oxygen atoms in total. The van der Waals surface area contributed by atoms with E-state index in [1.807, 2.05) is 0 Å². The van der Waals surface area contributed by atoms with Gasteiger partial charge in [0.05, 0.1) is 12.6 Å². The lowest BCUT2D eigenvalue weighted by Gasteiger charge is -2.40. The maximum Gasteiger partial charge on any atom is 0.0906 e. The molecule has 1 fully saturated rings. The maximum atomic E-state index is 4.26. The predicted molar refractivity (Wildman–Crippen MR) is 54.8 cm³/mol. The Kier molecular flexibility index (Phi) is 2.12. The Bertz CT molecular complexity index is 276. The Balaban J connectivity index is 2.27. The minimum Gasteiger partial charge on any atom is -0.453 e. The van der Waals surface area contributed by atoms with Gasteiger partial charge in [-0.2, -0.15) is 0 Å². The zero-order valence-electron chi connectivity index (χ0n) is 8.24. The van der Waals surface area contributed by atoms with Crippen LogP contribution in [0.4, 0.5) is 0 Å². The Labute approximate surface area is 80.6 Å². The topological polar surface area (TPSA) is 0 Å². The van der Waals surface area contributed by atoms with Gasteiger partial charge in [0.1, 0.15) is 0 Å². The lowest BCUT2D eigenvalue weighted by molar-refractivity contribution is -0.884. The number of rotatable bonds is 1. The monoisotopic (exact) mass is 175 g/mol. The Hall–Kier alpha value is -0.820. The fourth-order valence-electron chi connectivity index (χ4n) is 2.32. The van der Waals surface area contributed by atoms with E-state index in [-0.39, 0.29) is 0 Å². The number of hydrogen-bond donors (Lipinski definition) is 0. The summed E-state index contributed by atoms with van der Waals surface area (Å²) >= 11 is 0. The number of nitrogens with zero attached hydrogens (tertiary/aromatic N) is 1. The van der Waals surface area contributed by atoms with Crippen LogP contribution in [0.25, 0.3) is 0 Å². The van der Waals surface area contributed by atoms with Gasteiger partial charge in [-0.1, -0.05) is 30.3 Å². The summed E-state index contributed by atoms with van der Waals surface area (Å²) in [5.41, 5.74) is 1.44. The number of hydrogen-bond acceptors (Lipinski definition) is 0. The lowest BCUT2D eigenvalue weighted by atomic mass is 10.0. The molecule has 0 aromatic heterocycles. The van der Waals surface area contributed by atoms with Crippen molar-refractivity contribution in [1.29, 1.82) is 0 Å². The molecule has 1 aromatic carbocycles. The summed E-state index contributed by atoms with van der Waals surface area (Å²) in [6, 6.07) is 11.4. The first kappa shape index (κ1) is 8.76. The van der Waals surface area contributed by atoms with Gasteiger partial charge in [-0.05, 0) is 0 Å². The molecule has 2 unspecified atom stereocenters. The molecule has 2 atom stereocenters. The first-order valence-corrected chi connectivity index (χ1v) is 4.95. The highest BCUT2D eigenvalue weighted by Gasteiger charge is 2.30. The third kappa shape index (κ3) is 1.61. The SMILES string of the molecule is [CH2-][N+]1(C)CCCC1c1ccccc1. The molecule has 1 aromatic rings. The Morgan fingerprint density at radius 2 is 2.00 bits per heavy atom. The first-order valence-electron chi connectivity index (χ1n) is 4.95. The summed E-state index contributed by atoms with van der Waals surface area (Å²) in [5, 5.41) is 0. The zero-order chi connectivity index (χ0) is 9.31. The second-order valence-corrected chi connectivity index (χ2v) is 4.27. The van der Waals surface area contributed by atoms with E-state index in [0.717, 1.165) is 4.48 Å². The van der Waals surface area contributed by atoms with E-state index < -0.39 is 0 Å². The van der Waals surface area contributed by atoms with Crippen molar-refractivity contribution in [3.05, 3.63) is 42.9 Å². The molecule has 0 amide bonds. The summed E-state index contributed by atoms with van der Waals surface area (Å²) in [7, 11) is 6.49. The maximum absolute atomic E-state index is 4.26. The van der Waals surface area contributed by atoms with E-state index in [1.54, 1.807) is 0 Å². The quantitative estimate of drug-likeness (QED) is 0.455. The summed E-state index contributed by atoms with van der Waals surface area (Å²) < 4.78 is 0.907. The van der Waals surface area contributed by atoms with E-state index in [4.69, 9.17) is 0 Å². The van der Waals surface area contributed by atoms with Crippen LogP contribution < -0.4 is 0 Å². The van der Waals surface area contributed by atoms with Gasteiger partial charge < -0.3 is 4.48 Å². The second kappa shape index (κ2) is 3.15. The molecule has 0 spiro atoms. The summed E-state index contributed by atoms with van der Waals surface area (Å²) in [6.45, 7) is 1.21. The van der Waals surface area contributed by atoms with Crippen LogP contribution in [0, 0.1) is 7.05 Å². The molecule has 2 rings (SSSR count). The van der Waals surface area contributed by atoms with Gasteiger partial charge in [0.15, 0.2) is 0 Å². The molecular weight excluding hydrogens is 158 g/mol. The van der Waals surface area contributed by atoms with Crippen molar-refractivity contribution in [3.8, 4) is 0 Å². The van der Waals surface area contributed by atoms with Crippen molar-refractivity contribution >= 4 is 0 Å². The summed E-state index contributed by atoms with van der Waals surface area (Å²) in [4.78, 5) is 0. The molecule has 0 bridgehead atoms. The summed E-state index contributed by atoms with van der Waals surface area (Å²) in [5.74, 6) is 0. The minimum atomic E-state index is 0.612. The van der Waals surface area contributed by atoms with Crippen molar-refractivity contribution in [2.45, 2.75) is 18.9 Å². The van der Waals surface area contributed by atoms with Crippen LogP contribution in [0.5, 0.6) is 0 Å². The molecule has 70 valence electrons. The van der Waals surface area contributed by atoms with Crippen LogP contribution in [-0.4, -0.2) is 18.1 Å². The van der Waals surface area contributed by atoms with Crippen LogP contribution in [0.3, 0.4) is 0 Å². The molecule has 0 aliphatic carbocycles. The van der Waals surface area contributed by atoms with Crippen molar-refractivity contribution < 1.29 is 4.48 Å². The summed E-state index contributed by atoms with van der Waals surface area (Å²) in [6.07, 6.45) is 2.59. The van der Waals surface area contributed by atoms with Crippen molar-refractivity contribution in [2.24, 2.45) is 0 Å². The minimum absolute atomic E-state index is 0.612. The van der Waals surface area contributed by atoms with E-state index in [2.05, 4.69) is 44.4 Å². The molecule has 1 aliphatic heterocycles. The van der Waals surface area contributed by atoms with Crippen molar-refractivity contribution in [2.75, 3.05) is 13.6 Å². The van der Waals surface area contributed by atoms with Gasteiger partial charge in [0, 0.05) is 25.5 Å². The number of benzene rings is 1. The highest BCUT2D eigenvalue weighted by Crippen LogP contribution is 2.36. The molecular formula is C12H17N. The van der Waals surface area contributed by atoms with Crippen molar-refractivity contribution in [3.63, 3.8) is 0 Å². The largest absolute Gasteiger partial charge is 0.453 e. The molecule has 1 heterocycles. The third-order valence-electron chi connectivity index (χ3n) is 3.08. The van der Waals surface area contributed by atoms with Crippen LogP contribution in [0.15, 0.2) is 30.3 Å². The van der Waals surface area contributed by atoms with Crippen LogP contribution >= 0.6 is 0 Å². The fraction of sp³-hybridized carbons (Fsp3) is 0.417. The van der Waals surface area contributed by atoms with Gasteiger partial charge in [0.2, 0.25) is 0 Å². The fourth-order valence-corrected chi connectivity index (χ4v) is 2.32. The van der Waals surface area contributed by atoms with Crippen LogP contribution in [0.1, 0.15) is 24.4 Å². The molecule has 1 saturated heterocycles. The molecule has 0 radical (unpaired) electrons. The number of likely N-dealkylation sites (tertiary alicyclic amines) is 1. The van der Waals surface area contributed by atoms with E-state index in [9.17, 15) is 0 Å². The van der Waals surface area contributed by atoms with Gasteiger partial charge in [-0.15, -0.1) is 7.05 Å². The predicted octanol–water partition coefficient (Wildman–Crippen LogP) is 2.76.